The van der Waals surface area contributed by atoms with E-state index in [0.717, 1.165) is 6.42 Å². The van der Waals surface area contributed by atoms with Crippen LogP contribution in [-0.4, -0.2) is 12.3 Å². The Hall–Kier alpha value is -0.470. The number of rotatable bonds is 3. The minimum Gasteiger partial charge on any atom is -0.328 e. The fourth-order valence-electron chi connectivity index (χ4n) is 1.41. The Morgan fingerprint density at radius 3 is 2.69 bits per heavy atom. The molecule has 0 amide bonds. The SMILES string of the molecule is CSc1ccc(C)cc1CC(C)N. The second kappa shape index (κ2) is 4.68. The van der Waals surface area contributed by atoms with Gasteiger partial charge in [0.2, 0.25) is 0 Å². The Balaban J connectivity index is 2.94. The van der Waals surface area contributed by atoms with E-state index in [4.69, 9.17) is 5.73 Å². The summed E-state index contributed by atoms with van der Waals surface area (Å²) in [5.74, 6) is 0. The van der Waals surface area contributed by atoms with Crippen molar-refractivity contribution in [3.05, 3.63) is 29.3 Å². The molecule has 1 aromatic rings. The van der Waals surface area contributed by atoms with Gasteiger partial charge in [0.1, 0.15) is 0 Å². The molecule has 0 saturated carbocycles. The van der Waals surface area contributed by atoms with Crippen molar-refractivity contribution in [3.8, 4) is 0 Å². The Labute approximate surface area is 84.7 Å². The molecule has 2 heteroatoms. The lowest BCUT2D eigenvalue weighted by atomic mass is 10.1. The van der Waals surface area contributed by atoms with Gasteiger partial charge in [-0.1, -0.05) is 17.7 Å². The molecule has 0 bridgehead atoms. The van der Waals surface area contributed by atoms with Crippen LogP contribution in [0.1, 0.15) is 18.1 Å². The van der Waals surface area contributed by atoms with Crippen molar-refractivity contribution in [2.24, 2.45) is 5.73 Å². The molecule has 1 atom stereocenters. The molecule has 1 rings (SSSR count). The standard InChI is InChI=1S/C11H17NS/c1-8-4-5-11(13-3)10(6-8)7-9(2)12/h4-6,9H,7,12H2,1-3H3. The number of hydrogen-bond acceptors (Lipinski definition) is 2. The zero-order valence-electron chi connectivity index (χ0n) is 8.50. The fourth-order valence-corrected chi connectivity index (χ4v) is 2.02. The average Bonchev–Trinajstić information content (AvgIpc) is 2.03. The number of nitrogens with two attached hydrogens (primary N) is 1. The number of hydrogen-bond donors (Lipinski definition) is 1. The van der Waals surface area contributed by atoms with Crippen molar-refractivity contribution >= 4 is 11.8 Å². The summed E-state index contributed by atoms with van der Waals surface area (Å²) in [6.45, 7) is 4.17. The molecule has 1 unspecified atom stereocenters. The molecule has 13 heavy (non-hydrogen) atoms. The molecule has 2 N–H and O–H groups in total. The molecule has 0 aliphatic carbocycles. The summed E-state index contributed by atoms with van der Waals surface area (Å²) >= 11 is 1.79. The summed E-state index contributed by atoms with van der Waals surface area (Å²) in [4.78, 5) is 1.35. The van der Waals surface area contributed by atoms with Crippen LogP contribution in [-0.2, 0) is 6.42 Å². The van der Waals surface area contributed by atoms with E-state index in [-0.39, 0.29) is 6.04 Å². The van der Waals surface area contributed by atoms with Crippen molar-refractivity contribution in [1.82, 2.24) is 0 Å². The first-order valence-corrected chi connectivity index (χ1v) is 5.75. The molecular weight excluding hydrogens is 178 g/mol. The van der Waals surface area contributed by atoms with E-state index < -0.39 is 0 Å². The largest absolute Gasteiger partial charge is 0.328 e. The van der Waals surface area contributed by atoms with Crippen LogP contribution in [0.15, 0.2) is 23.1 Å². The normalized spacial score (nSPS) is 12.9. The average molecular weight is 195 g/mol. The minimum atomic E-state index is 0.243. The lowest BCUT2D eigenvalue weighted by Crippen LogP contribution is -2.18. The van der Waals surface area contributed by atoms with E-state index in [2.05, 4.69) is 31.4 Å². The first-order valence-electron chi connectivity index (χ1n) is 4.52. The third-order valence-corrected chi connectivity index (χ3v) is 2.82. The lowest BCUT2D eigenvalue weighted by Gasteiger charge is -2.10. The van der Waals surface area contributed by atoms with Crippen LogP contribution >= 0.6 is 11.8 Å². The van der Waals surface area contributed by atoms with E-state index in [1.54, 1.807) is 11.8 Å². The third kappa shape index (κ3) is 3.05. The number of benzene rings is 1. The minimum absolute atomic E-state index is 0.243. The Bertz CT molecular complexity index is 281. The van der Waals surface area contributed by atoms with Crippen LogP contribution in [0.25, 0.3) is 0 Å². The summed E-state index contributed by atoms with van der Waals surface area (Å²) in [6, 6.07) is 6.80. The van der Waals surface area contributed by atoms with Crippen LogP contribution in [0.5, 0.6) is 0 Å². The van der Waals surface area contributed by atoms with Crippen molar-refractivity contribution < 1.29 is 0 Å². The Morgan fingerprint density at radius 2 is 2.15 bits per heavy atom. The second-order valence-corrected chi connectivity index (χ2v) is 4.34. The van der Waals surface area contributed by atoms with Crippen LogP contribution < -0.4 is 5.73 Å². The van der Waals surface area contributed by atoms with Gasteiger partial charge in [0, 0.05) is 10.9 Å². The molecule has 0 aliphatic heterocycles. The van der Waals surface area contributed by atoms with Crippen molar-refractivity contribution in [2.45, 2.75) is 31.2 Å². The summed E-state index contributed by atoms with van der Waals surface area (Å²) in [5.41, 5.74) is 8.48. The highest BCUT2D eigenvalue weighted by molar-refractivity contribution is 7.98. The van der Waals surface area contributed by atoms with Gasteiger partial charge >= 0.3 is 0 Å². The van der Waals surface area contributed by atoms with E-state index in [1.165, 1.54) is 16.0 Å². The van der Waals surface area contributed by atoms with Gasteiger partial charge in [-0.15, -0.1) is 11.8 Å². The molecule has 72 valence electrons. The lowest BCUT2D eigenvalue weighted by molar-refractivity contribution is 0.729. The van der Waals surface area contributed by atoms with E-state index in [9.17, 15) is 0 Å². The Kier molecular flexibility index (Phi) is 3.82. The third-order valence-electron chi connectivity index (χ3n) is 1.98. The monoisotopic (exact) mass is 195 g/mol. The molecule has 0 fully saturated rings. The summed E-state index contributed by atoms with van der Waals surface area (Å²) in [7, 11) is 0. The maximum atomic E-state index is 5.79. The molecule has 0 aliphatic rings. The highest BCUT2D eigenvalue weighted by atomic mass is 32.2. The van der Waals surface area contributed by atoms with Crippen molar-refractivity contribution in [3.63, 3.8) is 0 Å². The molecule has 0 spiro atoms. The smallest absolute Gasteiger partial charge is 0.0102 e. The highest BCUT2D eigenvalue weighted by Crippen LogP contribution is 2.22. The first kappa shape index (κ1) is 10.6. The summed E-state index contributed by atoms with van der Waals surface area (Å²) < 4.78 is 0. The molecule has 0 aromatic heterocycles. The fraction of sp³-hybridized carbons (Fsp3) is 0.455. The predicted octanol–water partition coefficient (Wildman–Crippen LogP) is 2.61. The highest BCUT2D eigenvalue weighted by Gasteiger charge is 2.03. The van der Waals surface area contributed by atoms with Gasteiger partial charge in [0.15, 0.2) is 0 Å². The van der Waals surface area contributed by atoms with E-state index in [0.29, 0.717) is 0 Å². The molecule has 0 saturated heterocycles. The maximum Gasteiger partial charge on any atom is 0.0102 e. The first-order chi connectivity index (χ1) is 6.13. The summed E-state index contributed by atoms with van der Waals surface area (Å²) in [6.07, 6.45) is 3.08. The summed E-state index contributed by atoms with van der Waals surface area (Å²) in [5, 5.41) is 0. The quantitative estimate of drug-likeness (QED) is 0.750. The van der Waals surface area contributed by atoms with Crippen LogP contribution in [0.2, 0.25) is 0 Å². The van der Waals surface area contributed by atoms with Gasteiger partial charge in [-0.05, 0) is 38.2 Å². The maximum absolute atomic E-state index is 5.79. The number of thioether (sulfide) groups is 1. The van der Waals surface area contributed by atoms with Gasteiger partial charge in [-0.2, -0.15) is 0 Å². The predicted molar refractivity (Wildman–Crippen MR) is 60.3 cm³/mol. The van der Waals surface area contributed by atoms with Crippen LogP contribution in [0.3, 0.4) is 0 Å². The van der Waals surface area contributed by atoms with Crippen LogP contribution in [0.4, 0.5) is 0 Å². The second-order valence-electron chi connectivity index (χ2n) is 3.50. The molecule has 0 radical (unpaired) electrons. The van der Waals surface area contributed by atoms with Crippen molar-refractivity contribution in [1.29, 1.82) is 0 Å². The molecule has 1 aromatic carbocycles. The zero-order valence-corrected chi connectivity index (χ0v) is 9.32. The van der Waals surface area contributed by atoms with Gasteiger partial charge in [0.05, 0.1) is 0 Å². The van der Waals surface area contributed by atoms with E-state index >= 15 is 0 Å². The zero-order chi connectivity index (χ0) is 9.84. The molecule has 1 nitrogen and oxygen atoms in total. The van der Waals surface area contributed by atoms with Crippen molar-refractivity contribution in [2.75, 3.05) is 6.26 Å². The molecule has 0 heterocycles. The number of aryl methyl sites for hydroxylation is 1. The van der Waals surface area contributed by atoms with Gasteiger partial charge in [-0.3, -0.25) is 0 Å². The van der Waals surface area contributed by atoms with Crippen LogP contribution in [0, 0.1) is 6.92 Å². The van der Waals surface area contributed by atoms with Gasteiger partial charge in [-0.25, -0.2) is 0 Å². The van der Waals surface area contributed by atoms with Gasteiger partial charge in [0.25, 0.3) is 0 Å². The molecular formula is C11H17NS. The van der Waals surface area contributed by atoms with E-state index in [1.807, 2.05) is 6.92 Å². The Morgan fingerprint density at radius 1 is 1.46 bits per heavy atom. The topological polar surface area (TPSA) is 26.0 Å². The van der Waals surface area contributed by atoms with Gasteiger partial charge < -0.3 is 5.73 Å².